The highest BCUT2D eigenvalue weighted by Gasteiger charge is 2.18. The average Bonchev–Trinajstić information content (AvgIpc) is 3.24. The van der Waals surface area contributed by atoms with Gasteiger partial charge < -0.3 is 19.8 Å². The number of phenols is 1. The zero-order valence-electron chi connectivity index (χ0n) is 20.9. The van der Waals surface area contributed by atoms with Gasteiger partial charge >= 0.3 is 0 Å². The van der Waals surface area contributed by atoms with Crippen LogP contribution in [-0.4, -0.2) is 42.5 Å². The van der Waals surface area contributed by atoms with E-state index in [4.69, 9.17) is 0 Å². The summed E-state index contributed by atoms with van der Waals surface area (Å²) >= 11 is 0. The molecular formula is C30H26N4O4. The van der Waals surface area contributed by atoms with E-state index in [0.29, 0.717) is 28.7 Å². The van der Waals surface area contributed by atoms with Crippen LogP contribution in [0.25, 0.3) is 33.4 Å². The second-order valence-corrected chi connectivity index (χ2v) is 9.65. The van der Waals surface area contributed by atoms with Crippen molar-refractivity contribution in [2.45, 2.75) is 26.0 Å². The Morgan fingerprint density at radius 2 is 1.79 bits per heavy atom. The maximum absolute atomic E-state index is 13.2. The number of H-pyrrole nitrogens is 1. The lowest BCUT2D eigenvalue weighted by Gasteiger charge is -2.18. The molecule has 38 heavy (non-hydrogen) atoms. The lowest BCUT2D eigenvalue weighted by Crippen LogP contribution is -2.32. The van der Waals surface area contributed by atoms with Gasteiger partial charge in [-0.15, -0.1) is 0 Å². The van der Waals surface area contributed by atoms with E-state index in [1.807, 2.05) is 48.5 Å². The number of nitrogens with one attached hydrogen (secondary N) is 1. The molecule has 1 amide bonds. The number of para-hydroxylation sites is 2. The highest BCUT2D eigenvalue weighted by atomic mass is 16.3. The number of aromatic hydroxyl groups is 1. The van der Waals surface area contributed by atoms with Crippen molar-refractivity contribution in [2.24, 2.45) is 4.99 Å². The van der Waals surface area contributed by atoms with Gasteiger partial charge in [-0.05, 0) is 61.4 Å². The second-order valence-electron chi connectivity index (χ2n) is 9.65. The SMILES string of the molecule is CC(C)(O)Cn1/c(=N/C(=O)c2ccnc(-c3cccc(-c4cccc(O)c4C=O)c3)c2)[nH]c2ccccc21. The molecule has 0 aliphatic rings. The Balaban J connectivity index is 1.53. The van der Waals surface area contributed by atoms with Gasteiger partial charge in [0.2, 0.25) is 5.62 Å². The first-order valence-corrected chi connectivity index (χ1v) is 12.1. The third-order valence-corrected chi connectivity index (χ3v) is 6.13. The number of nitrogens with zero attached hydrogens (tertiary/aromatic N) is 3. The number of pyridine rings is 1. The van der Waals surface area contributed by atoms with E-state index in [0.717, 1.165) is 22.2 Å². The molecule has 0 saturated carbocycles. The fraction of sp³-hybridized carbons (Fsp3) is 0.133. The van der Waals surface area contributed by atoms with Crippen molar-refractivity contribution < 1.29 is 19.8 Å². The molecular weight excluding hydrogens is 480 g/mol. The number of carbonyl (C=O) groups excluding carboxylic acids is 2. The molecule has 3 aromatic carbocycles. The van der Waals surface area contributed by atoms with Crippen LogP contribution >= 0.6 is 0 Å². The van der Waals surface area contributed by atoms with Gasteiger partial charge in [0.25, 0.3) is 5.91 Å². The highest BCUT2D eigenvalue weighted by molar-refractivity contribution is 5.96. The number of amides is 1. The standard InChI is InChI=1S/C30H26N4O4/c1-30(2,38)18-34-26-11-4-3-10-24(26)32-29(34)33-28(37)21-13-14-31-25(16-21)20-8-5-7-19(15-20)22-9-6-12-27(36)23(22)17-35/h3-17,36,38H,18H2,1-2H3,(H,32,33,37). The summed E-state index contributed by atoms with van der Waals surface area (Å²) in [5.74, 6) is -0.550. The summed E-state index contributed by atoms with van der Waals surface area (Å²) in [6.07, 6.45) is 2.18. The van der Waals surface area contributed by atoms with Crippen LogP contribution < -0.4 is 5.62 Å². The van der Waals surface area contributed by atoms with Crippen molar-refractivity contribution >= 4 is 23.2 Å². The molecule has 8 nitrogen and oxygen atoms in total. The van der Waals surface area contributed by atoms with E-state index in [9.17, 15) is 19.8 Å². The number of hydrogen-bond acceptors (Lipinski definition) is 5. The largest absolute Gasteiger partial charge is 0.507 e. The molecule has 0 spiro atoms. The summed E-state index contributed by atoms with van der Waals surface area (Å²) in [4.78, 5) is 36.8. The number of aldehydes is 1. The van der Waals surface area contributed by atoms with Gasteiger partial charge in [0.15, 0.2) is 6.29 Å². The van der Waals surface area contributed by atoms with Crippen LogP contribution in [-0.2, 0) is 6.54 Å². The number of imidazole rings is 1. The minimum atomic E-state index is -1.02. The quantitative estimate of drug-likeness (QED) is 0.288. The maximum Gasteiger partial charge on any atom is 0.280 e. The summed E-state index contributed by atoms with van der Waals surface area (Å²) in [7, 11) is 0. The molecule has 2 heterocycles. The molecule has 0 atom stereocenters. The van der Waals surface area contributed by atoms with Crippen LogP contribution in [0.5, 0.6) is 5.75 Å². The molecule has 8 heteroatoms. The van der Waals surface area contributed by atoms with Gasteiger partial charge in [0, 0.05) is 17.3 Å². The van der Waals surface area contributed by atoms with Gasteiger partial charge in [0.1, 0.15) is 5.75 Å². The summed E-state index contributed by atoms with van der Waals surface area (Å²) in [6.45, 7) is 3.65. The fourth-order valence-electron chi connectivity index (χ4n) is 4.41. The Hall–Kier alpha value is -4.82. The third-order valence-electron chi connectivity index (χ3n) is 6.13. The Labute approximate surface area is 218 Å². The smallest absolute Gasteiger partial charge is 0.280 e. The summed E-state index contributed by atoms with van der Waals surface area (Å²) in [6, 6.07) is 23.1. The molecule has 0 fully saturated rings. The van der Waals surface area contributed by atoms with E-state index in [1.54, 1.807) is 48.9 Å². The van der Waals surface area contributed by atoms with E-state index >= 15 is 0 Å². The number of aromatic nitrogens is 3. The monoisotopic (exact) mass is 506 g/mol. The number of fused-ring (bicyclic) bond motifs is 1. The molecule has 0 bridgehead atoms. The average molecular weight is 507 g/mol. The Kier molecular flexibility index (Phi) is 6.48. The number of phenolic OH excluding ortho intramolecular Hbond substituents is 1. The first-order valence-electron chi connectivity index (χ1n) is 12.1. The number of benzene rings is 3. The van der Waals surface area contributed by atoms with E-state index in [1.165, 1.54) is 6.07 Å². The Bertz CT molecular complexity index is 1740. The molecule has 190 valence electrons. The molecule has 0 unspecified atom stereocenters. The van der Waals surface area contributed by atoms with Crippen molar-refractivity contribution in [3.8, 4) is 28.1 Å². The van der Waals surface area contributed by atoms with E-state index in [-0.39, 0.29) is 17.9 Å². The molecule has 2 aromatic heterocycles. The molecule has 5 rings (SSSR count). The van der Waals surface area contributed by atoms with Crippen LogP contribution in [0.1, 0.15) is 34.6 Å². The fourth-order valence-corrected chi connectivity index (χ4v) is 4.41. The molecule has 0 saturated heterocycles. The number of rotatable bonds is 6. The summed E-state index contributed by atoms with van der Waals surface area (Å²) in [5, 5.41) is 20.5. The number of aromatic amines is 1. The maximum atomic E-state index is 13.2. The predicted octanol–water partition coefficient (Wildman–Crippen LogP) is 4.73. The van der Waals surface area contributed by atoms with Crippen LogP contribution in [0.3, 0.4) is 0 Å². The van der Waals surface area contributed by atoms with Crippen molar-refractivity contribution in [1.29, 1.82) is 0 Å². The summed E-state index contributed by atoms with van der Waals surface area (Å²) in [5.41, 5.74) is 4.13. The van der Waals surface area contributed by atoms with Crippen LogP contribution in [0, 0.1) is 0 Å². The van der Waals surface area contributed by atoms with E-state index in [2.05, 4.69) is 15.0 Å². The van der Waals surface area contributed by atoms with Crippen molar-refractivity contribution in [3.05, 3.63) is 102 Å². The van der Waals surface area contributed by atoms with Crippen molar-refractivity contribution in [1.82, 2.24) is 14.5 Å². The van der Waals surface area contributed by atoms with Gasteiger partial charge in [-0.3, -0.25) is 14.6 Å². The molecule has 0 radical (unpaired) electrons. The van der Waals surface area contributed by atoms with Gasteiger partial charge in [0.05, 0.1) is 34.4 Å². The number of carbonyl (C=O) groups is 2. The van der Waals surface area contributed by atoms with Gasteiger partial charge in [-0.25, -0.2) is 0 Å². The molecule has 0 aliphatic heterocycles. The molecule has 5 aromatic rings. The normalized spacial score (nSPS) is 12.1. The second kappa shape index (κ2) is 9.91. The minimum absolute atomic E-state index is 0.0889. The molecule has 3 N–H and O–H groups in total. The van der Waals surface area contributed by atoms with Crippen molar-refractivity contribution in [2.75, 3.05) is 0 Å². The predicted molar refractivity (Wildman–Crippen MR) is 145 cm³/mol. The summed E-state index contributed by atoms with van der Waals surface area (Å²) < 4.78 is 1.79. The highest BCUT2D eigenvalue weighted by Crippen LogP contribution is 2.31. The van der Waals surface area contributed by atoms with E-state index < -0.39 is 11.5 Å². The first-order chi connectivity index (χ1) is 18.2. The Morgan fingerprint density at radius 3 is 2.58 bits per heavy atom. The topological polar surface area (TPSA) is 121 Å². The minimum Gasteiger partial charge on any atom is -0.507 e. The van der Waals surface area contributed by atoms with Crippen molar-refractivity contribution in [3.63, 3.8) is 0 Å². The lowest BCUT2D eigenvalue weighted by molar-refractivity contribution is 0.0612. The zero-order chi connectivity index (χ0) is 26.9. The number of aliphatic hydroxyl groups is 1. The lowest BCUT2D eigenvalue weighted by atomic mass is 9.97. The van der Waals surface area contributed by atoms with Crippen LogP contribution in [0.4, 0.5) is 0 Å². The van der Waals surface area contributed by atoms with Crippen LogP contribution in [0.15, 0.2) is 90.1 Å². The van der Waals surface area contributed by atoms with Gasteiger partial charge in [-0.1, -0.05) is 42.5 Å². The Morgan fingerprint density at radius 1 is 1.03 bits per heavy atom. The van der Waals surface area contributed by atoms with Gasteiger partial charge in [-0.2, -0.15) is 4.99 Å². The third kappa shape index (κ3) is 5.02. The number of hydrogen-bond donors (Lipinski definition) is 3. The molecule has 0 aliphatic carbocycles. The van der Waals surface area contributed by atoms with Crippen LogP contribution in [0.2, 0.25) is 0 Å². The zero-order valence-corrected chi connectivity index (χ0v) is 20.9. The first kappa shape index (κ1) is 24.9.